The van der Waals surface area contributed by atoms with Crippen molar-refractivity contribution in [1.82, 2.24) is 9.80 Å². The molecule has 102 valence electrons. The van der Waals surface area contributed by atoms with E-state index >= 15 is 0 Å². The van der Waals surface area contributed by atoms with E-state index in [2.05, 4.69) is 0 Å². The van der Waals surface area contributed by atoms with Crippen molar-refractivity contribution in [1.29, 1.82) is 0 Å². The second-order valence-electron chi connectivity index (χ2n) is 4.20. The van der Waals surface area contributed by atoms with Crippen molar-refractivity contribution in [2.24, 2.45) is 5.73 Å². The van der Waals surface area contributed by atoms with Crippen LogP contribution in [0.25, 0.3) is 0 Å². The molecule has 1 saturated heterocycles. The summed E-state index contributed by atoms with van der Waals surface area (Å²) in [5, 5.41) is 17.2. The smallest absolute Gasteiger partial charge is 0.317 e. The number of nitrogens with zero attached hydrogens (tertiary/aromatic N) is 2. The summed E-state index contributed by atoms with van der Waals surface area (Å²) >= 11 is 0. The van der Waals surface area contributed by atoms with Crippen molar-refractivity contribution in [2.45, 2.75) is 12.5 Å². The van der Waals surface area contributed by atoms with E-state index in [0.29, 0.717) is 26.2 Å². The molecule has 0 aromatic rings. The molecule has 1 unspecified atom stereocenters. The molecule has 8 heteroatoms. The highest BCUT2D eigenvalue weighted by molar-refractivity contribution is 5.86. The first-order chi connectivity index (χ1) is 8.40. The number of carbonyl (C=O) groups excluding carboxylic acids is 1. The first kappa shape index (κ1) is 14.4. The first-order valence-electron chi connectivity index (χ1n) is 5.60. The Hall–Kier alpha value is -1.67. The minimum absolute atomic E-state index is 0.0524. The lowest BCUT2D eigenvalue weighted by Gasteiger charge is -2.34. The summed E-state index contributed by atoms with van der Waals surface area (Å²) in [6.45, 7) is 1.61. The molecule has 1 aliphatic rings. The Morgan fingerprint density at radius 3 is 2.06 bits per heavy atom. The number of carbonyl (C=O) groups is 3. The van der Waals surface area contributed by atoms with E-state index in [-0.39, 0.29) is 6.54 Å². The molecule has 0 aromatic heterocycles. The van der Waals surface area contributed by atoms with E-state index in [9.17, 15) is 14.4 Å². The molecular weight excluding hydrogens is 242 g/mol. The predicted octanol–water partition coefficient (Wildman–Crippen LogP) is -1.98. The molecular formula is C10H17N3O5. The third-order valence-electron chi connectivity index (χ3n) is 2.75. The molecule has 0 radical (unpaired) electrons. The standard InChI is InChI=1S/C10H17N3O5/c11-7(5-8(14)15)10(18)13-3-1-12(2-4-13)6-9(16)17/h7H,1-6,11H2,(H,14,15)(H,16,17). The van der Waals surface area contributed by atoms with Crippen LogP contribution < -0.4 is 5.73 Å². The van der Waals surface area contributed by atoms with E-state index in [1.807, 2.05) is 0 Å². The van der Waals surface area contributed by atoms with Gasteiger partial charge in [-0.1, -0.05) is 0 Å². The van der Waals surface area contributed by atoms with Crippen molar-refractivity contribution in [3.05, 3.63) is 0 Å². The lowest BCUT2D eigenvalue weighted by Crippen LogP contribution is -2.54. The van der Waals surface area contributed by atoms with Crippen LogP contribution in [-0.2, 0) is 14.4 Å². The van der Waals surface area contributed by atoms with Crippen molar-refractivity contribution in [3.63, 3.8) is 0 Å². The van der Waals surface area contributed by atoms with E-state index in [4.69, 9.17) is 15.9 Å². The number of rotatable bonds is 5. The number of carboxylic acid groups (broad SMARTS) is 2. The van der Waals surface area contributed by atoms with Crippen molar-refractivity contribution >= 4 is 17.8 Å². The molecule has 18 heavy (non-hydrogen) atoms. The highest BCUT2D eigenvalue weighted by atomic mass is 16.4. The van der Waals surface area contributed by atoms with Crippen LogP contribution in [0.15, 0.2) is 0 Å². The van der Waals surface area contributed by atoms with Crippen molar-refractivity contribution < 1.29 is 24.6 Å². The normalized spacial score (nSPS) is 18.4. The maximum atomic E-state index is 11.8. The number of amides is 1. The molecule has 1 heterocycles. The zero-order chi connectivity index (χ0) is 13.7. The maximum absolute atomic E-state index is 11.8. The highest BCUT2D eigenvalue weighted by Gasteiger charge is 2.26. The van der Waals surface area contributed by atoms with E-state index in [1.54, 1.807) is 4.90 Å². The number of carboxylic acids is 2. The molecule has 1 aliphatic heterocycles. The molecule has 0 saturated carbocycles. The Labute approximate surface area is 104 Å². The minimum atomic E-state index is -1.11. The molecule has 0 bridgehead atoms. The topological polar surface area (TPSA) is 124 Å². The Kier molecular flexibility index (Phi) is 5.05. The van der Waals surface area contributed by atoms with Crippen LogP contribution in [0.5, 0.6) is 0 Å². The van der Waals surface area contributed by atoms with Crippen LogP contribution in [0.2, 0.25) is 0 Å². The van der Waals surface area contributed by atoms with Crippen LogP contribution in [0.3, 0.4) is 0 Å². The number of nitrogens with two attached hydrogens (primary N) is 1. The minimum Gasteiger partial charge on any atom is -0.481 e. The largest absolute Gasteiger partial charge is 0.481 e. The second kappa shape index (κ2) is 6.31. The summed E-state index contributed by atoms with van der Waals surface area (Å²) in [7, 11) is 0. The quantitative estimate of drug-likeness (QED) is 0.522. The predicted molar refractivity (Wildman–Crippen MR) is 60.9 cm³/mol. The SMILES string of the molecule is NC(CC(=O)O)C(=O)N1CCN(CC(=O)O)CC1. The van der Waals surface area contributed by atoms with Gasteiger partial charge in [0.1, 0.15) is 0 Å². The summed E-state index contributed by atoms with van der Waals surface area (Å²) in [5.74, 6) is -2.41. The fraction of sp³-hybridized carbons (Fsp3) is 0.700. The Morgan fingerprint density at radius 1 is 1.06 bits per heavy atom. The fourth-order valence-corrected chi connectivity index (χ4v) is 1.83. The van der Waals surface area contributed by atoms with Gasteiger partial charge in [0.25, 0.3) is 0 Å². The van der Waals surface area contributed by atoms with Crippen molar-refractivity contribution in [2.75, 3.05) is 32.7 Å². The molecule has 4 N–H and O–H groups in total. The molecule has 0 aliphatic carbocycles. The average molecular weight is 259 g/mol. The Morgan fingerprint density at radius 2 is 1.61 bits per heavy atom. The highest BCUT2D eigenvalue weighted by Crippen LogP contribution is 2.04. The zero-order valence-electron chi connectivity index (χ0n) is 9.91. The van der Waals surface area contributed by atoms with Gasteiger partial charge >= 0.3 is 11.9 Å². The summed E-state index contributed by atoms with van der Waals surface area (Å²) in [5.41, 5.74) is 5.48. The summed E-state index contributed by atoms with van der Waals surface area (Å²) in [6, 6.07) is -1.03. The van der Waals surface area contributed by atoms with E-state index < -0.39 is 30.3 Å². The first-order valence-corrected chi connectivity index (χ1v) is 5.60. The number of piperazine rings is 1. The van der Waals surface area contributed by atoms with E-state index in [0.717, 1.165) is 0 Å². The van der Waals surface area contributed by atoms with Crippen LogP contribution in [-0.4, -0.2) is 76.6 Å². The molecule has 8 nitrogen and oxygen atoms in total. The van der Waals surface area contributed by atoms with Gasteiger partial charge in [-0.2, -0.15) is 0 Å². The zero-order valence-corrected chi connectivity index (χ0v) is 9.91. The average Bonchev–Trinajstić information content (AvgIpc) is 2.27. The van der Waals surface area contributed by atoms with Gasteiger partial charge in [0.2, 0.25) is 5.91 Å². The van der Waals surface area contributed by atoms with Crippen LogP contribution in [0.4, 0.5) is 0 Å². The molecule has 0 spiro atoms. The molecule has 1 rings (SSSR count). The van der Waals surface area contributed by atoms with Gasteiger partial charge in [-0.25, -0.2) is 0 Å². The van der Waals surface area contributed by atoms with Crippen LogP contribution >= 0.6 is 0 Å². The molecule has 1 atom stereocenters. The summed E-state index contributed by atoms with van der Waals surface area (Å²) in [6.07, 6.45) is -0.395. The lowest BCUT2D eigenvalue weighted by molar-refractivity contribution is -0.143. The van der Waals surface area contributed by atoms with Gasteiger partial charge in [-0.05, 0) is 0 Å². The third kappa shape index (κ3) is 4.30. The molecule has 1 fully saturated rings. The van der Waals surface area contributed by atoms with Gasteiger partial charge in [0.15, 0.2) is 0 Å². The van der Waals surface area contributed by atoms with Gasteiger partial charge < -0.3 is 20.8 Å². The molecule has 1 amide bonds. The summed E-state index contributed by atoms with van der Waals surface area (Å²) < 4.78 is 0. The number of aliphatic carboxylic acids is 2. The Bertz CT molecular complexity index is 338. The van der Waals surface area contributed by atoms with Gasteiger partial charge in [-0.3, -0.25) is 19.3 Å². The fourth-order valence-electron chi connectivity index (χ4n) is 1.83. The Balaban J connectivity index is 2.40. The van der Waals surface area contributed by atoms with E-state index in [1.165, 1.54) is 4.90 Å². The number of hydrogen-bond acceptors (Lipinski definition) is 5. The monoisotopic (exact) mass is 259 g/mol. The second-order valence-corrected chi connectivity index (χ2v) is 4.20. The van der Waals surface area contributed by atoms with Gasteiger partial charge in [0.05, 0.1) is 19.0 Å². The third-order valence-corrected chi connectivity index (χ3v) is 2.75. The molecule has 0 aromatic carbocycles. The van der Waals surface area contributed by atoms with Crippen LogP contribution in [0.1, 0.15) is 6.42 Å². The van der Waals surface area contributed by atoms with Crippen molar-refractivity contribution in [3.8, 4) is 0 Å². The van der Waals surface area contributed by atoms with Gasteiger partial charge in [0, 0.05) is 26.2 Å². The lowest BCUT2D eigenvalue weighted by atomic mass is 10.2. The van der Waals surface area contributed by atoms with Gasteiger partial charge in [-0.15, -0.1) is 0 Å². The number of hydrogen-bond donors (Lipinski definition) is 3. The summed E-state index contributed by atoms with van der Waals surface area (Å²) in [4.78, 5) is 35.9. The maximum Gasteiger partial charge on any atom is 0.317 e. The van der Waals surface area contributed by atoms with Crippen LogP contribution in [0, 0.1) is 0 Å².